The zero-order valence-electron chi connectivity index (χ0n) is 18.0. The Labute approximate surface area is 183 Å². The van der Waals surface area contributed by atoms with E-state index in [4.69, 9.17) is 4.74 Å². The molecule has 1 amide bonds. The summed E-state index contributed by atoms with van der Waals surface area (Å²) in [5.41, 5.74) is 0.584. The van der Waals surface area contributed by atoms with Crippen LogP contribution in [-0.2, 0) is 19.6 Å². The maximum atomic E-state index is 13.0. The minimum Gasteiger partial charge on any atom is -0.452 e. The Morgan fingerprint density at radius 2 is 1.68 bits per heavy atom. The Morgan fingerprint density at radius 3 is 2.32 bits per heavy atom. The summed E-state index contributed by atoms with van der Waals surface area (Å²) in [4.78, 5) is 26.8. The second-order valence-electron chi connectivity index (χ2n) is 7.84. The van der Waals surface area contributed by atoms with Gasteiger partial charge in [0, 0.05) is 19.1 Å². The second-order valence-corrected chi connectivity index (χ2v) is 9.81. The van der Waals surface area contributed by atoms with Crippen LogP contribution in [0, 0.1) is 0 Å². The number of hydrogen-bond donors (Lipinski definition) is 0. The fourth-order valence-electron chi connectivity index (χ4n) is 3.92. The van der Waals surface area contributed by atoms with Crippen molar-refractivity contribution in [1.82, 2.24) is 4.90 Å². The topological polar surface area (TPSA) is 84.0 Å². The molecule has 1 saturated heterocycles. The first-order valence-electron chi connectivity index (χ1n) is 10.3. The minimum absolute atomic E-state index is 0.0297. The lowest BCUT2D eigenvalue weighted by atomic mass is 9.97. The summed E-state index contributed by atoms with van der Waals surface area (Å²) < 4.78 is 32.3. The van der Waals surface area contributed by atoms with E-state index < -0.39 is 16.0 Å². The third-order valence-corrected chi connectivity index (χ3v) is 7.44. The number of carbonyl (C=O) groups is 2. The van der Waals surface area contributed by atoms with Crippen LogP contribution in [-0.4, -0.2) is 50.9 Å². The number of amides is 1. The number of para-hydroxylation sites is 1. The highest BCUT2D eigenvalue weighted by Crippen LogP contribution is 2.24. The first kappa shape index (κ1) is 22.8. The van der Waals surface area contributed by atoms with Gasteiger partial charge in [-0.3, -0.25) is 9.10 Å². The number of ether oxygens (including phenoxy) is 1. The van der Waals surface area contributed by atoms with E-state index in [9.17, 15) is 18.0 Å². The molecule has 7 nitrogen and oxygen atoms in total. The van der Waals surface area contributed by atoms with Crippen molar-refractivity contribution in [2.24, 2.45) is 0 Å². The average molecular weight is 445 g/mol. The molecule has 1 aliphatic rings. The molecule has 0 aromatic heterocycles. The van der Waals surface area contributed by atoms with Crippen LogP contribution >= 0.6 is 0 Å². The predicted molar refractivity (Wildman–Crippen MR) is 118 cm³/mol. The van der Waals surface area contributed by atoms with Crippen molar-refractivity contribution in [3.05, 3.63) is 60.2 Å². The number of benzene rings is 2. The number of likely N-dealkylation sites (tertiary alicyclic amines) is 1. The average Bonchev–Trinajstić information content (AvgIpc) is 2.77. The van der Waals surface area contributed by atoms with Crippen molar-refractivity contribution in [3.8, 4) is 0 Å². The lowest BCUT2D eigenvalue weighted by molar-refractivity contribution is -0.140. The zero-order chi connectivity index (χ0) is 22.6. The van der Waals surface area contributed by atoms with Gasteiger partial charge in [-0.05, 0) is 63.4 Å². The van der Waals surface area contributed by atoms with E-state index in [1.54, 1.807) is 35.2 Å². The molecule has 3 rings (SSSR count). The van der Waals surface area contributed by atoms with E-state index in [2.05, 4.69) is 0 Å². The van der Waals surface area contributed by atoms with E-state index in [0.717, 1.165) is 23.6 Å². The molecule has 31 heavy (non-hydrogen) atoms. The molecule has 0 unspecified atom stereocenters. The van der Waals surface area contributed by atoms with Gasteiger partial charge in [0.15, 0.2) is 6.61 Å². The van der Waals surface area contributed by atoms with E-state index in [0.29, 0.717) is 5.69 Å². The highest BCUT2D eigenvalue weighted by atomic mass is 32.2. The predicted octanol–water partition coefficient (Wildman–Crippen LogP) is 3.46. The highest BCUT2D eigenvalue weighted by Gasteiger charge is 2.29. The fraction of sp³-hybridized carbons (Fsp3) is 0.391. The number of carbonyl (C=O) groups excluding carboxylic acids is 2. The fourth-order valence-corrected chi connectivity index (χ4v) is 5.16. The van der Waals surface area contributed by atoms with Crippen molar-refractivity contribution in [3.63, 3.8) is 0 Å². The summed E-state index contributed by atoms with van der Waals surface area (Å²) in [5, 5.41) is 0. The van der Waals surface area contributed by atoms with Crippen LogP contribution in [0.4, 0.5) is 5.69 Å². The first-order chi connectivity index (χ1) is 14.7. The van der Waals surface area contributed by atoms with Crippen LogP contribution in [0.5, 0.6) is 0 Å². The molecule has 0 saturated carbocycles. The standard InChI is InChI=1S/C23H28N2O5S/c1-17-9-7-10-18(2)25(17)22(26)16-30-23(27)19-11-8-14-21(15-19)31(28,29)24(3)20-12-5-4-6-13-20/h4-6,8,11-15,17-18H,7,9-10,16H2,1-3H3/t17-,18-/m0/s1. The van der Waals surface area contributed by atoms with Gasteiger partial charge >= 0.3 is 5.97 Å². The lowest BCUT2D eigenvalue weighted by Crippen LogP contribution is -2.49. The Balaban J connectivity index is 1.71. The zero-order valence-corrected chi connectivity index (χ0v) is 18.8. The van der Waals surface area contributed by atoms with E-state index in [1.807, 2.05) is 13.8 Å². The van der Waals surface area contributed by atoms with Gasteiger partial charge in [0.2, 0.25) is 0 Å². The number of nitrogens with zero attached hydrogens (tertiary/aromatic N) is 2. The quantitative estimate of drug-likeness (QED) is 0.637. The number of sulfonamides is 1. The molecule has 0 spiro atoms. The number of hydrogen-bond acceptors (Lipinski definition) is 5. The Kier molecular flexibility index (Phi) is 7.00. The van der Waals surface area contributed by atoms with Gasteiger partial charge in [0.25, 0.3) is 15.9 Å². The number of anilines is 1. The van der Waals surface area contributed by atoms with Gasteiger partial charge in [-0.25, -0.2) is 13.2 Å². The minimum atomic E-state index is -3.86. The first-order valence-corrected chi connectivity index (χ1v) is 11.8. The van der Waals surface area contributed by atoms with Gasteiger partial charge in [-0.2, -0.15) is 0 Å². The lowest BCUT2D eigenvalue weighted by Gasteiger charge is -2.38. The molecule has 0 N–H and O–H groups in total. The van der Waals surface area contributed by atoms with E-state index in [1.165, 1.54) is 31.3 Å². The summed E-state index contributed by atoms with van der Waals surface area (Å²) in [5.74, 6) is -0.967. The van der Waals surface area contributed by atoms with Crippen LogP contribution in [0.15, 0.2) is 59.5 Å². The molecule has 166 valence electrons. The van der Waals surface area contributed by atoms with Crippen molar-refractivity contribution < 1.29 is 22.7 Å². The molecule has 1 heterocycles. The number of rotatable bonds is 6. The smallest absolute Gasteiger partial charge is 0.338 e. The maximum absolute atomic E-state index is 13.0. The molecular formula is C23H28N2O5S. The van der Waals surface area contributed by atoms with Crippen molar-refractivity contribution in [1.29, 1.82) is 0 Å². The molecule has 8 heteroatoms. The number of esters is 1. The van der Waals surface area contributed by atoms with Crippen molar-refractivity contribution >= 4 is 27.6 Å². The normalized spacial score (nSPS) is 19.0. The molecule has 2 atom stereocenters. The third-order valence-electron chi connectivity index (χ3n) is 5.66. The molecule has 0 bridgehead atoms. The van der Waals surface area contributed by atoms with Gasteiger partial charge in [-0.15, -0.1) is 0 Å². The molecular weight excluding hydrogens is 416 g/mol. The van der Waals surface area contributed by atoms with Gasteiger partial charge in [-0.1, -0.05) is 24.3 Å². The molecule has 0 radical (unpaired) electrons. The summed E-state index contributed by atoms with van der Waals surface area (Å²) in [6.45, 7) is 3.62. The Bertz CT molecular complexity index is 1030. The summed E-state index contributed by atoms with van der Waals surface area (Å²) >= 11 is 0. The molecule has 1 fully saturated rings. The van der Waals surface area contributed by atoms with E-state index >= 15 is 0 Å². The number of piperidine rings is 1. The van der Waals surface area contributed by atoms with Crippen LogP contribution in [0.3, 0.4) is 0 Å². The maximum Gasteiger partial charge on any atom is 0.338 e. The van der Waals surface area contributed by atoms with Crippen LogP contribution < -0.4 is 4.31 Å². The van der Waals surface area contributed by atoms with Crippen molar-refractivity contribution in [2.45, 2.75) is 50.1 Å². The summed E-state index contributed by atoms with van der Waals surface area (Å²) in [6.07, 6.45) is 2.93. The Hall–Kier alpha value is -2.87. The van der Waals surface area contributed by atoms with Crippen LogP contribution in [0.2, 0.25) is 0 Å². The summed E-state index contributed by atoms with van der Waals surface area (Å²) in [7, 11) is -2.41. The SMILES string of the molecule is C[C@H]1CCC[C@H](C)N1C(=O)COC(=O)c1cccc(S(=O)(=O)N(C)c2ccccc2)c1. The van der Waals surface area contributed by atoms with Crippen LogP contribution in [0.25, 0.3) is 0 Å². The molecule has 2 aromatic carbocycles. The van der Waals surface area contributed by atoms with E-state index in [-0.39, 0.29) is 35.1 Å². The third kappa shape index (κ3) is 5.07. The van der Waals surface area contributed by atoms with Gasteiger partial charge < -0.3 is 9.64 Å². The monoisotopic (exact) mass is 444 g/mol. The molecule has 0 aliphatic carbocycles. The molecule has 2 aromatic rings. The molecule has 1 aliphatic heterocycles. The highest BCUT2D eigenvalue weighted by molar-refractivity contribution is 7.92. The van der Waals surface area contributed by atoms with Gasteiger partial charge in [0.1, 0.15) is 0 Å². The van der Waals surface area contributed by atoms with Crippen LogP contribution in [0.1, 0.15) is 43.5 Å². The largest absolute Gasteiger partial charge is 0.452 e. The second kappa shape index (κ2) is 9.51. The van der Waals surface area contributed by atoms with Crippen molar-refractivity contribution in [2.75, 3.05) is 18.0 Å². The summed E-state index contributed by atoms with van der Waals surface area (Å²) in [6, 6.07) is 14.5. The van der Waals surface area contributed by atoms with Gasteiger partial charge in [0.05, 0.1) is 16.1 Å². The Morgan fingerprint density at radius 1 is 1.03 bits per heavy atom.